The molecule has 2 aromatic rings. The number of hydrogen-bond acceptors (Lipinski definition) is 7. The number of thiazole rings is 1. The van der Waals surface area contributed by atoms with Crippen molar-refractivity contribution >= 4 is 51.2 Å². The molecule has 0 saturated carbocycles. The Morgan fingerprint density at radius 2 is 2.35 bits per heavy atom. The van der Waals surface area contributed by atoms with Crippen molar-refractivity contribution in [3.63, 3.8) is 0 Å². The number of nitrogens with two attached hydrogens (primary N) is 1. The van der Waals surface area contributed by atoms with E-state index < -0.39 is 5.91 Å². The third-order valence-corrected chi connectivity index (χ3v) is 4.27. The molecule has 0 aliphatic carbocycles. The topological polar surface area (TPSA) is 98.8 Å². The van der Waals surface area contributed by atoms with Crippen LogP contribution < -0.4 is 20.6 Å². The number of anilines is 1. The molecule has 0 saturated heterocycles. The average molecular weight is 446 g/mol. The molecule has 0 aliphatic heterocycles. The van der Waals surface area contributed by atoms with Crippen LogP contribution in [0.3, 0.4) is 0 Å². The van der Waals surface area contributed by atoms with Gasteiger partial charge in [0.1, 0.15) is 0 Å². The number of nitrogens with zero attached hydrogens (tertiary/aromatic N) is 2. The van der Waals surface area contributed by atoms with Crippen molar-refractivity contribution in [2.24, 2.45) is 10.8 Å². The number of rotatable bonds is 7. The number of carbonyl (C=O) groups is 1. The Balaban J connectivity index is 2.13. The van der Waals surface area contributed by atoms with Crippen molar-refractivity contribution in [1.29, 1.82) is 0 Å². The first-order valence-corrected chi connectivity index (χ1v) is 8.45. The van der Waals surface area contributed by atoms with E-state index in [4.69, 9.17) is 15.2 Å². The van der Waals surface area contributed by atoms with Crippen LogP contribution in [0.15, 0.2) is 22.6 Å². The molecule has 9 heteroatoms. The highest BCUT2D eigenvalue weighted by Gasteiger charge is 2.12. The second-order valence-corrected chi connectivity index (χ2v) is 6.47. The van der Waals surface area contributed by atoms with Crippen molar-refractivity contribution in [3.8, 4) is 11.5 Å². The van der Waals surface area contributed by atoms with Crippen LogP contribution in [-0.2, 0) is 4.79 Å². The fraction of sp³-hybridized carbons (Fsp3) is 0.214. The lowest BCUT2D eigenvalue weighted by Gasteiger charge is -2.12. The van der Waals surface area contributed by atoms with Gasteiger partial charge in [0.05, 0.1) is 22.6 Å². The van der Waals surface area contributed by atoms with Crippen molar-refractivity contribution in [2.45, 2.75) is 6.92 Å². The van der Waals surface area contributed by atoms with Crippen LogP contribution in [0.2, 0.25) is 0 Å². The minimum atomic E-state index is -0.545. The smallest absolute Gasteiger partial charge is 0.255 e. The highest BCUT2D eigenvalue weighted by Crippen LogP contribution is 2.33. The van der Waals surface area contributed by atoms with E-state index in [1.165, 1.54) is 18.4 Å². The van der Waals surface area contributed by atoms with Crippen molar-refractivity contribution in [2.75, 3.05) is 19.1 Å². The first kappa shape index (κ1) is 17.5. The number of ether oxygens (including phenoxy) is 2. The van der Waals surface area contributed by atoms with Crippen molar-refractivity contribution < 1.29 is 14.3 Å². The maximum Gasteiger partial charge on any atom is 0.255 e. The molecule has 0 fully saturated rings. The molecule has 122 valence electrons. The van der Waals surface area contributed by atoms with E-state index in [2.05, 4.69) is 38.1 Å². The third kappa shape index (κ3) is 5.06. The van der Waals surface area contributed by atoms with Crippen molar-refractivity contribution in [3.05, 3.63) is 32.3 Å². The predicted molar refractivity (Wildman–Crippen MR) is 98.5 cm³/mol. The average Bonchev–Trinajstić information content (AvgIpc) is 2.91. The lowest BCUT2D eigenvalue weighted by Crippen LogP contribution is -2.20. The van der Waals surface area contributed by atoms with Crippen LogP contribution in [0.1, 0.15) is 11.3 Å². The Morgan fingerprint density at radius 3 is 2.96 bits per heavy atom. The molecular weight excluding hydrogens is 431 g/mol. The maximum absolute atomic E-state index is 10.8. The summed E-state index contributed by atoms with van der Waals surface area (Å²) in [5.41, 5.74) is 9.72. The molecule has 1 aromatic heterocycles. The van der Waals surface area contributed by atoms with E-state index in [0.29, 0.717) is 11.5 Å². The molecule has 1 heterocycles. The molecule has 1 aromatic carbocycles. The molecule has 3 N–H and O–H groups in total. The number of nitrogens with one attached hydrogen (secondary N) is 1. The zero-order chi connectivity index (χ0) is 16.8. The number of halogens is 1. The largest absolute Gasteiger partial charge is 0.493 e. The Kier molecular flexibility index (Phi) is 6.16. The van der Waals surface area contributed by atoms with E-state index in [1.807, 2.05) is 18.4 Å². The predicted octanol–water partition coefficient (Wildman–Crippen LogP) is 2.37. The molecule has 0 bridgehead atoms. The summed E-state index contributed by atoms with van der Waals surface area (Å²) in [5, 5.41) is 6.81. The lowest BCUT2D eigenvalue weighted by molar-refractivity contribution is -0.119. The van der Waals surface area contributed by atoms with Crippen LogP contribution in [0, 0.1) is 10.5 Å². The molecule has 0 atom stereocenters. The molecule has 0 unspecified atom stereocenters. The highest BCUT2D eigenvalue weighted by molar-refractivity contribution is 14.1. The number of hydrogen-bond donors (Lipinski definition) is 2. The number of hydrazone groups is 1. The summed E-state index contributed by atoms with van der Waals surface area (Å²) in [6, 6.07) is 3.62. The Bertz CT molecular complexity index is 733. The van der Waals surface area contributed by atoms with E-state index in [1.54, 1.807) is 12.3 Å². The van der Waals surface area contributed by atoms with Crippen LogP contribution in [-0.4, -0.2) is 30.8 Å². The summed E-state index contributed by atoms with van der Waals surface area (Å²) >= 11 is 3.58. The SMILES string of the molecule is COc1cc(C=NNc2nc(C)cs2)cc(I)c1OCC(N)=O. The summed E-state index contributed by atoms with van der Waals surface area (Å²) in [6.07, 6.45) is 1.65. The van der Waals surface area contributed by atoms with Crippen LogP contribution in [0.5, 0.6) is 11.5 Å². The monoisotopic (exact) mass is 446 g/mol. The number of primary amides is 1. The molecule has 0 spiro atoms. The number of carbonyl (C=O) groups excluding carboxylic acids is 1. The van der Waals surface area contributed by atoms with Gasteiger partial charge in [0.2, 0.25) is 5.13 Å². The molecule has 23 heavy (non-hydrogen) atoms. The molecular formula is C14H15IN4O3S. The molecule has 7 nitrogen and oxygen atoms in total. The lowest BCUT2D eigenvalue weighted by atomic mass is 10.2. The zero-order valence-corrected chi connectivity index (χ0v) is 15.5. The van der Waals surface area contributed by atoms with Gasteiger partial charge in [0.15, 0.2) is 18.1 Å². The van der Waals surface area contributed by atoms with E-state index in [9.17, 15) is 4.79 Å². The number of methoxy groups -OCH3 is 1. The first-order valence-electron chi connectivity index (χ1n) is 6.49. The number of benzene rings is 1. The van der Waals surface area contributed by atoms with Crippen LogP contribution in [0.25, 0.3) is 0 Å². The van der Waals surface area contributed by atoms with Gasteiger partial charge in [-0.15, -0.1) is 11.3 Å². The highest BCUT2D eigenvalue weighted by atomic mass is 127. The minimum absolute atomic E-state index is 0.204. The van der Waals surface area contributed by atoms with Gasteiger partial charge in [-0.25, -0.2) is 4.98 Å². The summed E-state index contributed by atoms with van der Waals surface area (Å²) < 4.78 is 11.5. The van der Waals surface area contributed by atoms with Crippen LogP contribution >= 0.6 is 33.9 Å². The van der Waals surface area contributed by atoms with Gasteiger partial charge in [-0.2, -0.15) is 5.10 Å². The molecule has 0 radical (unpaired) electrons. The Hall–Kier alpha value is -1.88. The van der Waals surface area contributed by atoms with Gasteiger partial charge < -0.3 is 15.2 Å². The number of aryl methyl sites for hydroxylation is 1. The summed E-state index contributed by atoms with van der Waals surface area (Å²) in [6.45, 7) is 1.72. The summed E-state index contributed by atoms with van der Waals surface area (Å²) in [4.78, 5) is 15.1. The van der Waals surface area contributed by atoms with E-state index in [0.717, 1.165) is 20.0 Å². The first-order chi connectivity index (χ1) is 11.0. The van der Waals surface area contributed by atoms with Gasteiger partial charge >= 0.3 is 0 Å². The van der Waals surface area contributed by atoms with E-state index in [-0.39, 0.29) is 6.61 Å². The van der Waals surface area contributed by atoms with Gasteiger partial charge in [0.25, 0.3) is 5.91 Å². The fourth-order valence-corrected chi connectivity index (χ4v) is 3.08. The summed E-state index contributed by atoms with van der Waals surface area (Å²) in [7, 11) is 1.53. The fourth-order valence-electron chi connectivity index (χ4n) is 1.67. The quantitative estimate of drug-likeness (QED) is 0.387. The number of amides is 1. The molecule has 1 amide bonds. The van der Waals surface area contributed by atoms with Gasteiger partial charge in [-0.3, -0.25) is 10.2 Å². The molecule has 0 aliphatic rings. The van der Waals surface area contributed by atoms with Crippen molar-refractivity contribution in [1.82, 2.24) is 4.98 Å². The summed E-state index contributed by atoms with van der Waals surface area (Å²) in [5.74, 6) is 0.439. The Labute approximate surface area is 151 Å². The molecule has 2 rings (SSSR count). The standard InChI is InChI=1S/C14H15IN4O3S/c1-8-7-23-14(18-8)19-17-5-9-3-10(15)13(11(4-9)21-2)22-6-12(16)20/h3-5,7H,6H2,1-2H3,(H2,16,20)(H,18,19). The second-order valence-electron chi connectivity index (χ2n) is 4.45. The third-order valence-electron chi connectivity index (χ3n) is 2.60. The van der Waals surface area contributed by atoms with Gasteiger partial charge in [-0.05, 0) is 47.2 Å². The second kappa shape index (κ2) is 8.11. The maximum atomic E-state index is 10.8. The normalized spacial score (nSPS) is 10.7. The van der Waals surface area contributed by atoms with E-state index >= 15 is 0 Å². The minimum Gasteiger partial charge on any atom is -0.493 e. The van der Waals surface area contributed by atoms with Gasteiger partial charge in [0, 0.05) is 5.38 Å². The zero-order valence-electron chi connectivity index (χ0n) is 12.5. The Morgan fingerprint density at radius 1 is 1.57 bits per heavy atom. The number of aromatic nitrogens is 1. The van der Waals surface area contributed by atoms with Crippen LogP contribution in [0.4, 0.5) is 5.13 Å². The van der Waals surface area contributed by atoms with Gasteiger partial charge in [-0.1, -0.05) is 0 Å².